The second kappa shape index (κ2) is 12.0. The lowest BCUT2D eigenvalue weighted by molar-refractivity contribution is -0.132. The highest BCUT2D eigenvalue weighted by Gasteiger charge is 2.21. The minimum absolute atomic E-state index is 0.0231. The number of carbonyl (C=O) groups is 1. The van der Waals surface area contributed by atoms with E-state index in [1.54, 1.807) is 18.2 Å². The second-order valence-electron chi connectivity index (χ2n) is 6.95. The minimum Gasteiger partial charge on any atom is -0.493 e. The molecule has 6 nitrogen and oxygen atoms in total. The highest BCUT2D eigenvalue weighted by Crippen LogP contribution is 2.31. The summed E-state index contributed by atoms with van der Waals surface area (Å²) in [7, 11) is 1.53. The lowest BCUT2D eigenvalue weighted by atomic mass is 10.0. The third-order valence-corrected chi connectivity index (χ3v) is 4.76. The van der Waals surface area contributed by atoms with Crippen molar-refractivity contribution in [3.8, 4) is 41.9 Å². The van der Waals surface area contributed by atoms with Crippen molar-refractivity contribution in [1.29, 1.82) is 0 Å². The minimum atomic E-state index is -0.821. The van der Waals surface area contributed by atoms with E-state index in [0.717, 1.165) is 16.3 Å². The van der Waals surface area contributed by atoms with E-state index in [2.05, 4.69) is 17.2 Å². The summed E-state index contributed by atoms with van der Waals surface area (Å²) < 4.78 is 22.1. The van der Waals surface area contributed by atoms with Gasteiger partial charge in [-0.1, -0.05) is 48.2 Å². The van der Waals surface area contributed by atoms with Gasteiger partial charge in [0.25, 0.3) is 5.91 Å². The first-order valence-corrected chi connectivity index (χ1v) is 10.3. The lowest BCUT2D eigenvalue weighted by Crippen LogP contribution is -2.34. The van der Waals surface area contributed by atoms with Crippen LogP contribution in [0.15, 0.2) is 60.7 Å². The van der Waals surface area contributed by atoms with Gasteiger partial charge in [0.2, 0.25) is 0 Å². The number of rotatable bonds is 11. The van der Waals surface area contributed by atoms with Crippen molar-refractivity contribution in [2.75, 3.05) is 33.5 Å². The van der Waals surface area contributed by atoms with Crippen LogP contribution in [-0.2, 0) is 9.53 Å². The summed E-state index contributed by atoms with van der Waals surface area (Å²) >= 11 is 0. The first-order valence-electron chi connectivity index (χ1n) is 10.3. The summed E-state index contributed by atoms with van der Waals surface area (Å²) in [6.07, 6.45) is 9.74. The van der Waals surface area contributed by atoms with Crippen molar-refractivity contribution in [1.82, 2.24) is 5.32 Å². The van der Waals surface area contributed by atoms with E-state index >= 15 is 0 Å². The fourth-order valence-electron chi connectivity index (χ4n) is 3.24. The SMILES string of the molecule is C#CCOc1ccc(OCCNC(=O)C(OCC#C)c2ccc3ccccc3c2)cc1OC. The van der Waals surface area contributed by atoms with Gasteiger partial charge in [-0.05, 0) is 34.5 Å². The molecule has 0 aliphatic heterocycles. The lowest BCUT2D eigenvalue weighted by Gasteiger charge is -2.18. The Kier molecular flexibility index (Phi) is 8.59. The molecule has 1 atom stereocenters. The van der Waals surface area contributed by atoms with Gasteiger partial charge in [-0.3, -0.25) is 4.79 Å². The molecule has 0 aliphatic rings. The molecule has 1 unspecified atom stereocenters. The van der Waals surface area contributed by atoms with Gasteiger partial charge < -0.3 is 24.3 Å². The number of terminal acetylenes is 2. The van der Waals surface area contributed by atoms with Crippen molar-refractivity contribution < 1.29 is 23.7 Å². The molecule has 0 heterocycles. The molecule has 6 heteroatoms. The summed E-state index contributed by atoms with van der Waals surface area (Å²) in [4.78, 5) is 12.8. The van der Waals surface area contributed by atoms with E-state index < -0.39 is 6.10 Å². The Labute approximate surface area is 193 Å². The Morgan fingerprint density at radius 1 is 0.939 bits per heavy atom. The van der Waals surface area contributed by atoms with Crippen LogP contribution in [0.5, 0.6) is 17.2 Å². The van der Waals surface area contributed by atoms with Gasteiger partial charge in [0.15, 0.2) is 17.6 Å². The smallest absolute Gasteiger partial charge is 0.253 e. The van der Waals surface area contributed by atoms with Crippen molar-refractivity contribution in [2.24, 2.45) is 0 Å². The van der Waals surface area contributed by atoms with Crippen LogP contribution in [0, 0.1) is 24.7 Å². The van der Waals surface area contributed by atoms with Gasteiger partial charge in [0.1, 0.15) is 25.6 Å². The first kappa shape index (κ1) is 23.5. The Morgan fingerprint density at radius 2 is 1.73 bits per heavy atom. The first-order chi connectivity index (χ1) is 16.2. The Bertz CT molecular complexity index is 1180. The number of nitrogens with one attached hydrogen (secondary N) is 1. The molecular formula is C27H25NO5. The summed E-state index contributed by atoms with van der Waals surface area (Å²) in [5.41, 5.74) is 0.731. The monoisotopic (exact) mass is 443 g/mol. The van der Waals surface area contributed by atoms with Gasteiger partial charge in [0.05, 0.1) is 13.7 Å². The van der Waals surface area contributed by atoms with E-state index in [9.17, 15) is 4.79 Å². The average molecular weight is 443 g/mol. The second-order valence-corrected chi connectivity index (χ2v) is 6.95. The van der Waals surface area contributed by atoms with Crippen LogP contribution in [0.4, 0.5) is 0 Å². The number of fused-ring (bicyclic) bond motifs is 1. The third-order valence-electron chi connectivity index (χ3n) is 4.76. The molecule has 3 aromatic rings. The Hall–Kier alpha value is -4.13. The van der Waals surface area contributed by atoms with Crippen molar-refractivity contribution in [3.05, 3.63) is 66.2 Å². The number of carbonyl (C=O) groups excluding carboxylic acids is 1. The molecule has 1 amide bonds. The van der Waals surface area contributed by atoms with Crippen LogP contribution in [0.1, 0.15) is 11.7 Å². The van der Waals surface area contributed by atoms with Crippen molar-refractivity contribution in [2.45, 2.75) is 6.10 Å². The molecule has 0 saturated heterocycles. The summed E-state index contributed by atoms with van der Waals surface area (Å²) in [5.74, 6) is 6.14. The number of benzene rings is 3. The van der Waals surface area contributed by atoms with E-state index in [1.807, 2.05) is 42.5 Å². The maximum absolute atomic E-state index is 12.8. The number of methoxy groups -OCH3 is 1. The normalized spacial score (nSPS) is 11.1. The number of hydrogen-bond acceptors (Lipinski definition) is 5. The van der Waals surface area contributed by atoms with Crippen LogP contribution >= 0.6 is 0 Å². The number of hydrogen-bond donors (Lipinski definition) is 1. The van der Waals surface area contributed by atoms with E-state index in [4.69, 9.17) is 31.8 Å². The molecule has 0 aromatic heterocycles. The quantitative estimate of drug-likeness (QED) is 0.361. The van der Waals surface area contributed by atoms with E-state index in [1.165, 1.54) is 7.11 Å². The molecule has 0 bridgehead atoms. The summed E-state index contributed by atoms with van der Waals surface area (Å²) in [6.45, 7) is 0.692. The van der Waals surface area contributed by atoms with E-state index in [-0.39, 0.29) is 32.3 Å². The van der Waals surface area contributed by atoms with Gasteiger partial charge in [-0.15, -0.1) is 12.8 Å². The molecule has 0 radical (unpaired) electrons. The Balaban J connectivity index is 1.59. The largest absolute Gasteiger partial charge is 0.493 e. The van der Waals surface area contributed by atoms with Crippen molar-refractivity contribution >= 4 is 16.7 Å². The van der Waals surface area contributed by atoms with Gasteiger partial charge in [-0.2, -0.15) is 0 Å². The maximum Gasteiger partial charge on any atom is 0.253 e. The predicted octanol–water partition coefficient (Wildman–Crippen LogP) is 3.75. The molecule has 0 saturated carbocycles. The molecule has 3 rings (SSSR count). The molecule has 0 spiro atoms. The van der Waals surface area contributed by atoms with Crippen molar-refractivity contribution in [3.63, 3.8) is 0 Å². The topological polar surface area (TPSA) is 66.0 Å². The van der Waals surface area contributed by atoms with Gasteiger partial charge in [0, 0.05) is 6.07 Å². The fraction of sp³-hybridized carbons (Fsp3) is 0.222. The summed E-state index contributed by atoms with van der Waals surface area (Å²) in [5, 5.41) is 4.94. The van der Waals surface area contributed by atoms with E-state index in [0.29, 0.717) is 17.2 Å². The van der Waals surface area contributed by atoms with Crippen LogP contribution in [0.25, 0.3) is 10.8 Å². The van der Waals surface area contributed by atoms with Crippen LogP contribution in [-0.4, -0.2) is 39.4 Å². The predicted molar refractivity (Wildman–Crippen MR) is 127 cm³/mol. The molecule has 0 fully saturated rings. The molecule has 0 aliphatic carbocycles. The summed E-state index contributed by atoms with van der Waals surface area (Å²) in [6, 6.07) is 18.8. The zero-order chi connectivity index (χ0) is 23.5. The fourth-order valence-corrected chi connectivity index (χ4v) is 3.24. The molecule has 33 heavy (non-hydrogen) atoms. The van der Waals surface area contributed by atoms with Gasteiger partial charge >= 0.3 is 0 Å². The highest BCUT2D eigenvalue weighted by molar-refractivity contribution is 5.87. The zero-order valence-electron chi connectivity index (χ0n) is 18.4. The zero-order valence-corrected chi connectivity index (χ0v) is 18.4. The Morgan fingerprint density at radius 3 is 2.48 bits per heavy atom. The highest BCUT2D eigenvalue weighted by atomic mass is 16.5. The molecule has 3 aromatic carbocycles. The maximum atomic E-state index is 12.8. The van der Waals surface area contributed by atoms with Gasteiger partial charge in [-0.25, -0.2) is 0 Å². The van der Waals surface area contributed by atoms with Crippen LogP contribution < -0.4 is 19.5 Å². The third kappa shape index (κ3) is 6.43. The van der Waals surface area contributed by atoms with Crippen LogP contribution in [0.2, 0.25) is 0 Å². The van der Waals surface area contributed by atoms with Crippen LogP contribution in [0.3, 0.4) is 0 Å². The number of ether oxygens (including phenoxy) is 4. The molecule has 168 valence electrons. The number of amides is 1. The average Bonchev–Trinajstić information content (AvgIpc) is 2.85. The molecule has 1 N–H and O–H groups in total. The molecular weight excluding hydrogens is 418 g/mol. The standard InChI is InChI=1S/C27H25NO5/c1-4-15-32-24-13-12-23(19-25(24)30-3)31-17-14-28-27(29)26(33-16-5-2)22-11-10-20-8-6-7-9-21(20)18-22/h1-2,6-13,18-19,26H,14-17H2,3H3,(H,28,29).